The topological polar surface area (TPSA) is 102 Å². The lowest BCUT2D eigenvalue weighted by molar-refractivity contribution is -0.136. The Bertz CT molecular complexity index is 714. The number of benzene rings is 1. The molecular formula is C15H14N2O6. The highest BCUT2D eigenvalue weighted by Crippen LogP contribution is 2.30. The number of nitrogens with one attached hydrogen (secondary N) is 1. The Morgan fingerprint density at radius 1 is 1.30 bits per heavy atom. The number of nitrogens with zero attached hydrogens (tertiary/aromatic N) is 1. The summed E-state index contributed by atoms with van der Waals surface area (Å²) in [5.74, 6) is -0.934. The number of carbonyl (C=O) groups is 4. The number of rotatable bonds is 2. The standard InChI is InChI=1S/C15H14N2O6/c1-22-15(21)23-9-3-2-8-7-17(14(20)10(8)6-9)11-4-5-12(18)16-13(11)19/h2-3,6,11H,4-5,7H2,1H3,(H,16,18,19). The molecule has 0 spiro atoms. The van der Waals surface area contributed by atoms with Gasteiger partial charge >= 0.3 is 6.16 Å². The summed E-state index contributed by atoms with van der Waals surface area (Å²) in [6.07, 6.45) is -0.374. The molecule has 0 radical (unpaired) electrons. The molecule has 0 bridgehead atoms. The Morgan fingerprint density at radius 3 is 2.78 bits per heavy atom. The molecule has 8 nitrogen and oxygen atoms in total. The smallest absolute Gasteiger partial charge is 0.437 e. The summed E-state index contributed by atoms with van der Waals surface area (Å²) in [5, 5.41) is 2.24. The first-order chi connectivity index (χ1) is 11.0. The Balaban J connectivity index is 1.80. The molecule has 1 aromatic carbocycles. The zero-order valence-corrected chi connectivity index (χ0v) is 12.3. The van der Waals surface area contributed by atoms with E-state index in [0.29, 0.717) is 12.0 Å². The van der Waals surface area contributed by atoms with Gasteiger partial charge in [0.25, 0.3) is 5.91 Å². The molecule has 120 valence electrons. The highest BCUT2D eigenvalue weighted by atomic mass is 16.7. The highest BCUT2D eigenvalue weighted by Gasteiger charge is 2.39. The molecule has 0 saturated carbocycles. The lowest BCUT2D eigenvalue weighted by Crippen LogP contribution is -2.52. The molecular weight excluding hydrogens is 304 g/mol. The van der Waals surface area contributed by atoms with Crippen LogP contribution >= 0.6 is 0 Å². The van der Waals surface area contributed by atoms with Crippen molar-refractivity contribution < 1.29 is 28.7 Å². The van der Waals surface area contributed by atoms with Crippen molar-refractivity contribution in [2.45, 2.75) is 25.4 Å². The molecule has 1 fully saturated rings. The number of hydrogen-bond acceptors (Lipinski definition) is 6. The molecule has 0 aliphatic carbocycles. The number of methoxy groups -OCH3 is 1. The van der Waals surface area contributed by atoms with Gasteiger partial charge in [0.1, 0.15) is 11.8 Å². The first-order valence-electron chi connectivity index (χ1n) is 7.03. The van der Waals surface area contributed by atoms with Crippen LogP contribution in [0.25, 0.3) is 0 Å². The van der Waals surface area contributed by atoms with E-state index >= 15 is 0 Å². The summed E-state index contributed by atoms with van der Waals surface area (Å²) in [4.78, 5) is 48.2. The summed E-state index contributed by atoms with van der Waals surface area (Å²) in [6.45, 7) is 0.277. The minimum atomic E-state index is -0.877. The van der Waals surface area contributed by atoms with Crippen molar-refractivity contribution >= 4 is 23.9 Å². The molecule has 2 heterocycles. The Labute approximate surface area is 131 Å². The van der Waals surface area contributed by atoms with Crippen LogP contribution in [-0.2, 0) is 20.9 Å². The number of imide groups is 1. The normalized spacial score (nSPS) is 20.1. The van der Waals surface area contributed by atoms with Gasteiger partial charge in [-0.1, -0.05) is 6.07 Å². The van der Waals surface area contributed by atoms with E-state index in [1.807, 2.05) is 0 Å². The highest BCUT2D eigenvalue weighted by molar-refractivity contribution is 6.05. The third kappa shape index (κ3) is 2.75. The molecule has 3 rings (SSSR count). The summed E-state index contributed by atoms with van der Waals surface area (Å²) in [6, 6.07) is 3.99. The first-order valence-corrected chi connectivity index (χ1v) is 7.03. The minimum Gasteiger partial charge on any atom is -0.437 e. The van der Waals surface area contributed by atoms with Gasteiger partial charge in [-0.05, 0) is 24.1 Å². The van der Waals surface area contributed by atoms with Gasteiger partial charge in [-0.3, -0.25) is 19.7 Å². The maximum Gasteiger partial charge on any atom is 0.513 e. The third-order valence-electron chi connectivity index (χ3n) is 3.87. The van der Waals surface area contributed by atoms with E-state index in [4.69, 9.17) is 4.74 Å². The number of piperidine rings is 1. The largest absolute Gasteiger partial charge is 0.513 e. The van der Waals surface area contributed by atoms with Gasteiger partial charge in [0, 0.05) is 18.5 Å². The maximum absolute atomic E-state index is 12.5. The molecule has 2 aliphatic rings. The van der Waals surface area contributed by atoms with Crippen molar-refractivity contribution in [3.63, 3.8) is 0 Å². The van der Waals surface area contributed by atoms with Crippen LogP contribution in [0.1, 0.15) is 28.8 Å². The van der Waals surface area contributed by atoms with E-state index in [1.165, 1.54) is 18.1 Å². The monoisotopic (exact) mass is 318 g/mol. The lowest BCUT2D eigenvalue weighted by atomic mass is 10.0. The van der Waals surface area contributed by atoms with Gasteiger partial charge in [-0.2, -0.15) is 0 Å². The number of carbonyl (C=O) groups excluding carboxylic acids is 4. The van der Waals surface area contributed by atoms with Crippen molar-refractivity contribution in [2.75, 3.05) is 7.11 Å². The van der Waals surface area contributed by atoms with Crippen LogP contribution in [0.2, 0.25) is 0 Å². The predicted octanol–water partition coefficient (Wildman–Crippen LogP) is 0.593. The SMILES string of the molecule is COC(=O)Oc1ccc2c(c1)C(=O)N(C1CCC(=O)NC1=O)C2. The van der Waals surface area contributed by atoms with Gasteiger partial charge < -0.3 is 14.4 Å². The van der Waals surface area contributed by atoms with E-state index in [1.54, 1.807) is 12.1 Å². The van der Waals surface area contributed by atoms with Gasteiger partial charge in [-0.25, -0.2) is 4.79 Å². The van der Waals surface area contributed by atoms with Gasteiger partial charge in [-0.15, -0.1) is 0 Å². The molecule has 1 N–H and O–H groups in total. The van der Waals surface area contributed by atoms with Crippen molar-refractivity contribution in [3.05, 3.63) is 29.3 Å². The average molecular weight is 318 g/mol. The van der Waals surface area contributed by atoms with Crippen molar-refractivity contribution in [1.82, 2.24) is 10.2 Å². The zero-order valence-electron chi connectivity index (χ0n) is 12.3. The third-order valence-corrected chi connectivity index (χ3v) is 3.87. The van der Waals surface area contributed by atoms with E-state index in [9.17, 15) is 19.2 Å². The molecule has 1 saturated heterocycles. The zero-order chi connectivity index (χ0) is 16.6. The second kappa shape index (κ2) is 5.71. The second-order valence-electron chi connectivity index (χ2n) is 5.28. The minimum absolute atomic E-state index is 0.189. The van der Waals surface area contributed by atoms with Gasteiger partial charge in [0.15, 0.2) is 0 Å². The molecule has 0 aromatic heterocycles. The summed E-state index contributed by atoms with van der Waals surface area (Å²) < 4.78 is 9.30. The fourth-order valence-corrected chi connectivity index (χ4v) is 2.74. The van der Waals surface area contributed by atoms with Crippen molar-refractivity contribution in [1.29, 1.82) is 0 Å². The summed E-state index contributed by atoms with van der Waals surface area (Å²) >= 11 is 0. The molecule has 8 heteroatoms. The number of amides is 3. The summed E-state index contributed by atoms with van der Waals surface area (Å²) in [5.41, 5.74) is 1.10. The number of fused-ring (bicyclic) bond motifs is 1. The quantitative estimate of drug-likeness (QED) is 0.486. The van der Waals surface area contributed by atoms with Gasteiger partial charge in [0.2, 0.25) is 11.8 Å². The number of hydrogen-bond donors (Lipinski definition) is 1. The lowest BCUT2D eigenvalue weighted by Gasteiger charge is -2.29. The van der Waals surface area contributed by atoms with E-state index < -0.39 is 18.1 Å². The second-order valence-corrected chi connectivity index (χ2v) is 5.28. The van der Waals surface area contributed by atoms with Crippen LogP contribution in [0.5, 0.6) is 5.75 Å². The number of ether oxygens (including phenoxy) is 2. The van der Waals surface area contributed by atoms with Crippen molar-refractivity contribution in [2.24, 2.45) is 0 Å². The van der Waals surface area contributed by atoms with Crippen LogP contribution < -0.4 is 10.1 Å². The first kappa shape index (κ1) is 15.0. The average Bonchev–Trinajstić information content (AvgIpc) is 2.84. The fourth-order valence-electron chi connectivity index (χ4n) is 2.74. The molecule has 3 amide bonds. The van der Waals surface area contributed by atoms with Crippen molar-refractivity contribution in [3.8, 4) is 5.75 Å². The van der Waals surface area contributed by atoms with Crippen LogP contribution in [0.3, 0.4) is 0 Å². The molecule has 2 aliphatic heterocycles. The molecule has 1 atom stereocenters. The van der Waals surface area contributed by atoms with Crippen LogP contribution in [0.15, 0.2) is 18.2 Å². The van der Waals surface area contributed by atoms with E-state index in [-0.39, 0.29) is 30.5 Å². The van der Waals surface area contributed by atoms with E-state index in [2.05, 4.69) is 10.1 Å². The maximum atomic E-state index is 12.5. The fraction of sp³-hybridized carbons (Fsp3) is 0.333. The Kier molecular flexibility index (Phi) is 3.73. The van der Waals surface area contributed by atoms with E-state index in [0.717, 1.165) is 5.56 Å². The summed E-state index contributed by atoms with van der Waals surface area (Å²) in [7, 11) is 1.19. The van der Waals surface area contributed by atoms with Gasteiger partial charge in [0.05, 0.1) is 7.11 Å². The Morgan fingerprint density at radius 2 is 2.09 bits per heavy atom. The van der Waals surface area contributed by atoms with Crippen LogP contribution in [0, 0.1) is 0 Å². The molecule has 23 heavy (non-hydrogen) atoms. The van der Waals surface area contributed by atoms with Crippen LogP contribution in [-0.4, -0.2) is 41.9 Å². The molecule has 1 unspecified atom stereocenters. The molecule has 1 aromatic rings. The predicted molar refractivity (Wildman–Crippen MR) is 75.5 cm³/mol. The van der Waals surface area contributed by atoms with Crippen LogP contribution in [0.4, 0.5) is 4.79 Å². The Hall–Kier alpha value is -2.90.